The van der Waals surface area contributed by atoms with Gasteiger partial charge in [0.25, 0.3) is 5.91 Å². The number of amides is 1. The molecule has 4 heteroatoms. The molecule has 0 saturated heterocycles. The predicted octanol–water partition coefficient (Wildman–Crippen LogP) is 3.31. The molecular formula is C18H17NO3. The summed E-state index contributed by atoms with van der Waals surface area (Å²) in [5.41, 5.74) is 1.51. The van der Waals surface area contributed by atoms with Crippen molar-refractivity contribution in [3.63, 3.8) is 0 Å². The third-order valence-corrected chi connectivity index (χ3v) is 3.08. The Morgan fingerprint density at radius 1 is 1.00 bits per heavy atom. The lowest BCUT2D eigenvalue weighted by atomic mass is 10.1. The highest BCUT2D eigenvalue weighted by atomic mass is 16.5. The average Bonchev–Trinajstić information content (AvgIpc) is 2.53. The van der Waals surface area contributed by atoms with E-state index in [-0.39, 0.29) is 11.4 Å². The van der Waals surface area contributed by atoms with Crippen LogP contribution in [0.3, 0.4) is 0 Å². The summed E-state index contributed by atoms with van der Waals surface area (Å²) < 4.78 is 5.08. The Kier molecular flexibility index (Phi) is 5.09. The summed E-state index contributed by atoms with van der Waals surface area (Å²) in [6.07, 6.45) is 1.57. The van der Waals surface area contributed by atoms with Crippen LogP contribution in [0.25, 0.3) is 6.08 Å². The second-order valence-corrected chi connectivity index (χ2v) is 4.71. The zero-order chi connectivity index (χ0) is 15.9. The quantitative estimate of drug-likeness (QED) is 0.523. The number of Topliss-reactive ketones (excluding diaryl/α,β-unsaturated/α-hetero) is 1. The van der Waals surface area contributed by atoms with Crippen molar-refractivity contribution in [3.05, 3.63) is 65.7 Å². The van der Waals surface area contributed by atoms with Crippen LogP contribution in [-0.2, 0) is 9.59 Å². The first-order valence-corrected chi connectivity index (χ1v) is 6.83. The van der Waals surface area contributed by atoms with Crippen LogP contribution >= 0.6 is 0 Å². The van der Waals surface area contributed by atoms with E-state index in [0.29, 0.717) is 5.69 Å². The van der Waals surface area contributed by atoms with E-state index in [1.807, 2.05) is 18.2 Å². The fourth-order valence-corrected chi connectivity index (χ4v) is 1.91. The zero-order valence-corrected chi connectivity index (χ0v) is 12.5. The second-order valence-electron chi connectivity index (χ2n) is 4.71. The van der Waals surface area contributed by atoms with Crippen molar-refractivity contribution in [2.75, 3.05) is 12.4 Å². The smallest absolute Gasteiger partial charge is 0.259 e. The van der Waals surface area contributed by atoms with Gasteiger partial charge in [0.2, 0.25) is 0 Å². The molecule has 0 spiro atoms. The fourth-order valence-electron chi connectivity index (χ4n) is 1.91. The van der Waals surface area contributed by atoms with Gasteiger partial charge in [-0.25, -0.2) is 0 Å². The monoisotopic (exact) mass is 295 g/mol. The molecule has 0 radical (unpaired) electrons. The third kappa shape index (κ3) is 4.06. The maximum absolute atomic E-state index is 12.3. The summed E-state index contributed by atoms with van der Waals surface area (Å²) in [7, 11) is 1.58. The number of rotatable bonds is 5. The van der Waals surface area contributed by atoms with Crippen LogP contribution in [0.1, 0.15) is 12.5 Å². The van der Waals surface area contributed by atoms with E-state index in [9.17, 15) is 9.59 Å². The van der Waals surface area contributed by atoms with Gasteiger partial charge in [-0.05, 0) is 42.8 Å². The summed E-state index contributed by atoms with van der Waals surface area (Å²) in [4.78, 5) is 24.0. The summed E-state index contributed by atoms with van der Waals surface area (Å²) >= 11 is 0. The molecule has 1 amide bonds. The van der Waals surface area contributed by atoms with Crippen LogP contribution in [0.15, 0.2) is 60.2 Å². The highest BCUT2D eigenvalue weighted by Gasteiger charge is 2.14. The first-order chi connectivity index (χ1) is 10.6. The van der Waals surface area contributed by atoms with Crippen molar-refractivity contribution in [1.29, 1.82) is 0 Å². The molecule has 0 aliphatic heterocycles. The van der Waals surface area contributed by atoms with Gasteiger partial charge in [-0.1, -0.05) is 30.3 Å². The van der Waals surface area contributed by atoms with Crippen LogP contribution in [-0.4, -0.2) is 18.8 Å². The lowest BCUT2D eigenvalue weighted by Crippen LogP contribution is -2.18. The normalized spacial score (nSPS) is 10.9. The number of ether oxygens (including phenoxy) is 1. The summed E-state index contributed by atoms with van der Waals surface area (Å²) in [6.45, 7) is 1.37. The van der Waals surface area contributed by atoms with E-state index in [0.717, 1.165) is 11.3 Å². The van der Waals surface area contributed by atoms with Crippen molar-refractivity contribution < 1.29 is 14.3 Å². The van der Waals surface area contributed by atoms with E-state index in [1.165, 1.54) is 6.92 Å². The number of benzene rings is 2. The van der Waals surface area contributed by atoms with E-state index in [4.69, 9.17) is 4.74 Å². The van der Waals surface area contributed by atoms with Gasteiger partial charge in [-0.2, -0.15) is 0 Å². The number of carbonyl (C=O) groups is 2. The van der Waals surface area contributed by atoms with E-state index in [2.05, 4.69) is 5.32 Å². The maximum atomic E-state index is 12.3. The molecule has 0 bridgehead atoms. The molecule has 22 heavy (non-hydrogen) atoms. The van der Waals surface area contributed by atoms with E-state index < -0.39 is 5.91 Å². The molecular weight excluding hydrogens is 278 g/mol. The maximum Gasteiger partial charge on any atom is 0.259 e. The van der Waals surface area contributed by atoms with Gasteiger partial charge in [0.05, 0.1) is 12.7 Å². The van der Waals surface area contributed by atoms with Gasteiger partial charge in [-0.3, -0.25) is 9.59 Å². The fraction of sp³-hybridized carbons (Fsp3) is 0.111. The summed E-state index contributed by atoms with van der Waals surface area (Å²) in [6, 6.07) is 16.2. The van der Waals surface area contributed by atoms with E-state index in [1.54, 1.807) is 49.6 Å². The molecule has 2 aromatic carbocycles. The Balaban J connectivity index is 2.23. The zero-order valence-electron chi connectivity index (χ0n) is 12.5. The number of methoxy groups -OCH3 is 1. The van der Waals surface area contributed by atoms with Gasteiger partial charge in [0.15, 0.2) is 5.78 Å². The number of hydrogen-bond acceptors (Lipinski definition) is 3. The van der Waals surface area contributed by atoms with Crippen molar-refractivity contribution >= 4 is 23.5 Å². The minimum Gasteiger partial charge on any atom is -0.497 e. The van der Waals surface area contributed by atoms with Gasteiger partial charge >= 0.3 is 0 Å². The molecule has 2 aromatic rings. The molecule has 0 atom stereocenters. The number of hydrogen-bond donors (Lipinski definition) is 1. The van der Waals surface area contributed by atoms with Crippen LogP contribution in [0.5, 0.6) is 5.75 Å². The van der Waals surface area contributed by atoms with Crippen LogP contribution in [0.4, 0.5) is 5.69 Å². The molecule has 0 saturated carbocycles. The molecule has 0 unspecified atom stereocenters. The highest BCUT2D eigenvalue weighted by Crippen LogP contribution is 2.15. The van der Waals surface area contributed by atoms with Crippen LogP contribution in [0, 0.1) is 0 Å². The minimum absolute atomic E-state index is 0.106. The lowest BCUT2D eigenvalue weighted by molar-refractivity contribution is -0.118. The van der Waals surface area contributed by atoms with E-state index >= 15 is 0 Å². The van der Waals surface area contributed by atoms with Gasteiger partial charge in [-0.15, -0.1) is 0 Å². The molecule has 112 valence electrons. The van der Waals surface area contributed by atoms with Crippen molar-refractivity contribution in [2.24, 2.45) is 0 Å². The number of anilines is 1. The summed E-state index contributed by atoms with van der Waals surface area (Å²) in [5.74, 6) is 0.00836. The van der Waals surface area contributed by atoms with Gasteiger partial charge < -0.3 is 10.1 Å². The molecule has 0 fully saturated rings. The number of nitrogens with one attached hydrogen (secondary N) is 1. The van der Waals surface area contributed by atoms with Gasteiger partial charge in [0.1, 0.15) is 5.75 Å². The molecule has 0 aliphatic rings. The van der Waals surface area contributed by atoms with Gasteiger partial charge in [0, 0.05) is 5.69 Å². The largest absolute Gasteiger partial charge is 0.497 e. The Labute approximate surface area is 129 Å². The Morgan fingerprint density at radius 2 is 1.64 bits per heavy atom. The van der Waals surface area contributed by atoms with Crippen LogP contribution in [0.2, 0.25) is 0 Å². The lowest BCUT2D eigenvalue weighted by Gasteiger charge is -2.07. The van der Waals surface area contributed by atoms with Crippen LogP contribution < -0.4 is 10.1 Å². The first-order valence-electron chi connectivity index (χ1n) is 6.83. The third-order valence-electron chi connectivity index (χ3n) is 3.08. The Bertz CT molecular complexity index is 688. The predicted molar refractivity (Wildman–Crippen MR) is 86.7 cm³/mol. The topological polar surface area (TPSA) is 55.4 Å². The number of carbonyl (C=O) groups excluding carboxylic acids is 2. The highest BCUT2D eigenvalue weighted by molar-refractivity contribution is 6.25. The SMILES string of the molecule is COc1ccc(/C=C(/C(C)=O)C(=O)Nc2ccccc2)cc1. The molecule has 4 nitrogen and oxygen atoms in total. The Hall–Kier alpha value is -2.88. The minimum atomic E-state index is -0.422. The molecule has 1 N–H and O–H groups in total. The first kappa shape index (κ1) is 15.5. The molecule has 0 aliphatic carbocycles. The average molecular weight is 295 g/mol. The molecule has 2 rings (SSSR count). The standard InChI is InChI=1S/C18H17NO3/c1-13(20)17(12-14-8-10-16(22-2)11-9-14)18(21)19-15-6-4-3-5-7-15/h3-12H,1-2H3,(H,19,21)/b17-12-. The number of ketones is 1. The second kappa shape index (κ2) is 7.22. The Morgan fingerprint density at radius 3 is 2.18 bits per heavy atom. The van der Waals surface area contributed by atoms with Crippen molar-refractivity contribution in [2.45, 2.75) is 6.92 Å². The summed E-state index contributed by atoms with van der Waals surface area (Å²) in [5, 5.41) is 2.71. The molecule has 0 aromatic heterocycles. The number of para-hydroxylation sites is 1. The van der Waals surface area contributed by atoms with Crippen molar-refractivity contribution in [3.8, 4) is 5.75 Å². The molecule has 0 heterocycles. The van der Waals surface area contributed by atoms with Crippen molar-refractivity contribution in [1.82, 2.24) is 0 Å².